The van der Waals surface area contributed by atoms with E-state index in [-0.39, 0.29) is 0 Å². The Morgan fingerprint density at radius 3 is 2.55 bits per heavy atom. The highest BCUT2D eigenvalue weighted by Gasteiger charge is 2.35. The normalized spacial score (nSPS) is 18.1. The first kappa shape index (κ1) is 15.3. The Hall–Kier alpha value is -1.12. The fourth-order valence-corrected chi connectivity index (χ4v) is 3.40. The molecule has 0 radical (unpaired) electrons. The topological polar surface area (TPSA) is 15.3 Å². The zero-order chi connectivity index (χ0) is 14.3. The molecule has 0 bridgehead atoms. The van der Waals surface area contributed by atoms with Crippen molar-refractivity contribution in [1.82, 2.24) is 10.2 Å². The van der Waals surface area contributed by atoms with Gasteiger partial charge in [0.2, 0.25) is 0 Å². The number of nitrogens with one attached hydrogen (secondary N) is 1. The second kappa shape index (κ2) is 7.61. The van der Waals surface area contributed by atoms with Crippen LogP contribution in [0.2, 0.25) is 0 Å². The van der Waals surface area contributed by atoms with Gasteiger partial charge in [-0.3, -0.25) is 4.90 Å². The summed E-state index contributed by atoms with van der Waals surface area (Å²) in [5, 5.41) is 3.51. The molecular formula is C18H28N2. The summed E-state index contributed by atoms with van der Waals surface area (Å²) in [7, 11) is 0. The second-order valence-electron chi connectivity index (χ2n) is 5.92. The third-order valence-corrected chi connectivity index (χ3v) is 4.40. The lowest BCUT2D eigenvalue weighted by Crippen LogP contribution is -2.48. The van der Waals surface area contributed by atoms with Crippen molar-refractivity contribution in [3.63, 3.8) is 0 Å². The van der Waals surface area contributed by atoms with Crippen LogP contribution in [0.3, 0.4) is 0 Å². The van der Waals surface area contributed by atoms with Gasteiger partial charge in [0.05, 0.1) is 0 Å². The molecule has 110 valence electrons. The van der Waals surface area contributed by atoms with Crippen LogP contribution < -0.4 is 5.32 Å². The van der Waals surface area contributed by atoms with Gasteiger partial charge in [-0.1, -0.05) is 43.3 Å². The zero-order valence-electron chi connectivity index (χ0n) is 12.8. The van der Waals surface area contributed by atoms with Crippen LogP contribution in [-0.4, -0.2) is 37.6 Å². The summed E-state index contributed by atoms with van der Waals surface area (Å²) in [6.45, 7) is 11.7. The van der Waals surface area contributed by atoms with Crippen molar-refractivity contribution < 1.29 is 0 Å². The molecule has 0 spiro atoms. The summed E-state index contributed by atoms with van der Waals surface area (Å²) in [5.41, 5.74) is 1.82. The van der Waals surface area contributed by atoms with Crippen LogP contribution in [-0.2, 0) is 5.41 Å². The third kappa shape index (κ3) is 3.71. The maximum Gasteiger partial charge on any atom is 0.0160 e. The average molecular weight is 272 g/mol. The number of benzene rings is 1. The van der Waals surface area contributed by atoms with Crippen LogP contribution in [0.5, 0.6) is 0 Å². The van der Waals surface area contributed by atoms with Gasteiger partial charge in [0.1, 0.15) is 0 Å². The summed E-state index contributed by atoms with van der Waals surface area (Å²) >= 11 is 0. The van der Waals surface area contributed by atoms with Crippen molar-refractivity contribution in [2.45, 2.75) is 31.6 Å². The summed E-state index contributed by atoms with van der Waals surface area (Å²) < 4.78 is 0. The van der Waals surface area contributed by atoms with E-state index in [1.807, 2.05) is 6.08 Å². The summed E-state index contributed by atoms with van der Waals surface area (Å²) in [6.07, 6.45) is 5.70. The molecule has 0 amide bonds. The molecule has 1 aromatic rings. The molecule has 0 aliphatic carbocycles. The quantitative estimate of drug-likeness (QED) is 0.767. The maximum absolute atomic E-state index is 3.92. The number of rotatable bonds is 7. The molecule has 1 fully saturated rings. The molecule has 1 aromatic carbocycles. The molecule has 0 unspecified atom stereocenters. The van der Waals surface area contributed by atoms with Crippen molar-refractivity contribution in [3.05, 3.63) is 48.6 Å². The van der Waals surface area contributed by atoms with Crippen LogP contribution in [0.1, 0.15) is 31.7 Å². The molecule has 2 rings (SSSR count). The molecule has 1 aliphatic rings. The Kier molecular flexibility index (Phi) is 5.81. The van der Waals surface area contributed by atoms with Crippen LogP contribution >= 0.6 is 0 Å². The molecule has 0 aromatic heterocycles. The Balaban J connectivity index is 2.20. The van der Waals surface area contributed by atoms with Crippen LogP contribution in [0.15, 0.2) is 43.0 Å². The molecule has 1 heterocycles. The Bertz CT molecular complexity index is 393. The van der Waals surface area contributed by atoms with E-state index in [9.17, 15) is 0 Å². The van der Waals surface area contributed by atoms with E-state index < -0.39 is 0 Å². The average Bonchev–Trinajstić information content (AvgIpc) is 2.50. The summed E-state index contributed by atoms with van der Waals surface area (Å²) in [4.78, 5) is 2.56. The smallest absolute Gasteiger partial charge is 0.0160 e. The molecule has 1 aliphatic heterocycles. The predicted octanol–water partition coefficient (Wildman–Crippen LogP) is 3.21. The molecule has 20 heavy (non-hydrogen) atoms. The van der Waals surface area contributed by atoms with Gasteiger partial charge in [-0.15, -0.1) is 6.58 Å². The van der Waals surface area contributed by atoms with Crippen molar-refractivity contribution >= 4 is 0 Å². The van der Waals surface area contributed by atoms with Gasteiger partial charge in [-0.05, 0) is 44.5 Å². The number of nitrogens with zero attached hydrogens (tertiary/aromatic N) is 1. The molecular weight excluding hydrogens is 244 g/mol. The van der Waals surface area contributed by atoms with Gasteiger partial charge in [0.25, 0.3) is 0 Å². The zero-order valence-corrected chi connectivity index (χ0v) is 12.8. The van der Waals surface area contributed by atoms with Crippen LogP contribution in [0.4, 0.5) is 0 Å². The Labute approximate surface area is 123 Å². The predicted molar refractivity (Wildman–Crippen MR) is 87.2 cm³/mol. The molecule has 2 heteroatoms. The van der Waals surface area contributed by atoms with Gasteiger partial charge < -0.3 is 5.32 Å². The maximum atomic E-state index is 3.92. The highest BCUT2D eigenvalue weighted by atomic mass is 15.1. The van der Waals surface area contributed by atoms with Gasteiger partial charge >= 0.3 is 0 Å². The molecule has 1 saturated heterocycles. The van der Waals surface area contributed by atoms with Crippen molar-refractivity contribution in [1.29, 1.82) is 0 Å². The highest BCUT2D eigenvalue weighted by molar-refractivity contribution is 5.27. The highest BCUT2D eigenvalue weighted by Crippen LogP contribution is 2.34. The SMILES string of the molecule is C=CCN(CCC)CC1(c2ccccc2)CCNCC1. The minimum Gasteiger partial charge on any atom is -0.317 e. The minimum absolute atomic E-state index is 0.310. The lowest BCUT2D eigenvalue weighted by Gasteiger charge is -2.42. The van der Waals surface area contributed by atoms with Gasteiger partial charge in [-0.25, -0.2) is 0 Å². The molecule has 1 N–H and O–H groups in total. The Morgan fingerprint density at radius 1 is 1.25 bits per heavy atom. The Morgan fingerprint density at radius 2 is 1.95 bits per heavy atom. The number of hydrogen-bond acceptors (Lipinski definition) is 2. The fraction of sp³-hybridized carbons (Fsp3) is 0.556. The van der Waals surface area contributed by atoms with Crippen LogP contribution in [0.25, 0.3) is 0 Å². The second-order valence-corrected chi connectivity index (χ2v) is 5.92. The van der Waals surface area contributed by atoms with Gasteiger partial charge in [-0.2, -0.15) is 0 Å². The van der Waals surface area contributed by atoms with E-state index in [2.05, 4.69) is 54.1 Å². The first-order valence-electron chi connectivity index (χ1n) is 7.90. The molecule has 2 nitrogen and oxygen atoms in total. The van der Waals surface area contributed by atoms with Gasteiger partial charge in [0.15, 0.2) is 0 Å². The monoisotopic (exact) mass is 272 g/mol. The van der Waals surface area contributed by atoms with Crippen molar-refractivity contribution in [3.8, 4) is 0 Å². The summed E-state index contributed by atoms with van der Waals surface area (Å²) in [5.74, 6) is 0. The van der Waals surface area contributed by atoms with E-state index in [0.717, 1.165) is 32.7 Å². The van der Waals surface area contributed by atoms with Crippen LogP contribution in [0, 0.1) is 0 Å². The van der Waals surface area contributed by atoms with Crippen molar-refractivity contribution in [2.24, 2.45) is 0 Å². The summed E-state index contributed by atoms with van der Waals surface area (Å²) in [6, 6.07) is 11.1. The molecule has 0 saturated carbocycles. The van der Waals surface area contributed by atoms with Crippen molar-refractivity contribution in [2.75, 3.05) is 32.7 Å². The van der Waals surface area contributed by atoms with E-state index >= 15 is 0 Å². The lowest BCUT2D eigenvalue weighted by atomic mass is 9.72. The largest absolute Gasteiger partial charge is 0.317 e. The first-order chi connectivity index (χ1) is 9.80. The standard InChI is InChI=1S/C18H28N2/c1-3-14-20(15-4-2)16-18(10-12-19-13-11-18)17-8-6-5-7-9-17/h3,5-9,19H,1,4,10-16H2,2H3. The number of piperidine rings is 1. The fourth-order valence-electron chi connectivity index (χ4n) is 3.40. The van der Waals surface area contributed by atoms with Gasteiger partial charge in [0, 0.05) is 18.5 Å². The third-order valence-electron chi connectivity index (χ3n) is 4.40. The van der Waals surface area contributed by atoms with E-state index in [1.54, 1.807) is 0 Å². The van der Waals surface area contributed by atoms with E-state index in [4.69, 9.17) is 0 Å². The minimum atomic E-state index is 0.310. The number of hydrogen-bond donors (Lipinski definition) is 1. The molecule has 0 atom stereocenters. The van der Waals surface area contributed by atoms with E-state index in [1.165, 1.54) is 24.8 Å². The lowest BCUT2D eigenvalue weighted by molar-refractivity contribution is 0.187. The first-order valence-corrected chi connectivity index (χ1v) is 7.90. The van der Waals surface area contributed by atoms with E-state index in [0.29, 0.717) is 5.41 Å².